The number of carbonyl (C=O) groups is 1. The lowest BCUT2D eigenvalue weighted by atomic mass is 9.99. The van der Waals surface area contributed by atoms with E-state index in [1.807, 2.05) is 0 Å². The number of aliphatic hydroxyl groups excluding tert-OH is 4. The van der Waals surface area contributed by atoms with Crippen LogP contribution in [0.2, 0.25) is 0 Å². The minimum Gasteiger partial charge on any atom is -0.504 e. The highest BCUT2D eigenvalue weighted by molar-refractivity contribution is 5.93. The van der Waals surface area contributed by atoms with Crippen LogP contribution in [0.1, 0.15) is 43.0 Å². The zero-order chi connectivity index (χ0) is 20.7. The van der Waals surface area contributed by atoms with E-state index >= 15 is 0 Å². The highest BCUT2D eigenvalue weighted by atomic mass is 16.7. The van der Waals surface area contributed by atoms with Crippen LogP contribution in [0.4, 0.5) is 0 Å². The predicted molar refractivity (Wildman–Crippen MR) is 96.9 cm³/mol. The fourth-order valence-corrected chi connectivity index (χ4v) is 2.84. The van der Waals surface area contributed by atoms with Gasteiger partial charge in [0.05, 0.1) is 13.2 Å². The molecule has 5 N–H and O–H groups in total. The minimum absolute atomic E-state index is 0.113. The SMILES string of the molecule is CCCCCCOC(=O)c1cccc(O[C@@H]2O[C@H](CO)[C@@H](O)[C@H](O)[C@H]2O)c1O. The number of carbonyl (C=O) groups excluding carboxylic acids is 1. The van der Waals surface area contributed by atoms with Crippen molar-refractivity contribution in [1.82, 2.24) is 0 Å². The molecule has 0 bridgehead atoms. The Hall–Kier alpha value is -1.91. The van der Waals surface area contributed by atoms with Gasteiger partial charge >= 0.3 is 5.97 Å². The van der Waals surface area contributed by atoms with Crippen molar-refractivity contribution in [2.24, 2.45) is 0 Å². The maximum Gasteiger partial charge on any atom is 0.342 e. The zero-order valence-corrected chi connectivity index (χ0v) is 15.7. The molecule has 1 aromatic rings. The van der Waals surface area contributed by atoms with Crippen LogP contribution in [0, 0.1) is 0 Å². The van der Waals surface area contributed by atoms with Gasteiger partial charge in [-0.2, -0.15) is 0 Å². The maximum absolute atomic E-state index is 12.2. The summed E-state index contributed by atoms with van der Waals surface area (Å²) in [7, 11) is 0. The lowest BCUT2D eigenvalue weighted by Gasteiger charge is -2.39. The first-order chi connectivity index (χ1) is 13.4. The van der Waals surface area contributed by atoms with Gasteiger partial charge in [0.1, 0.15) is 30.0 Å². The van der Waals surface area contributed by atoms with Gasteiger partial charge in [-0.1, -0.05) is 32.3 Å². The second-order valence-electron chi connectivity index (χ2n) is 6.66. The van der Waals surface area contributed by atoms with Crippen LogP contribution in [-0.2, 0) is 9.47 Å². The zero-order valence-electron chi connectivity index (χ0n) is 15.7. The van der Waals surface area contributed by atoms with Gasteiger partial charge in [0, 0.05) is 0 Å². The molecular weight excluding hydrogens is 372 g/mol. The van der Waals surface area contributed by atoms with Crippen molar-refractivity contribution in [3.05, 3.63) is 23.8 Å². The topological polar surface area (TPSA) is 146 Å². The number of para-hydroxylation sites is 1. The fourth-order valence-electron chi connectivity index (χ4n) is 2.84. The third kappa shape index (κ3) is 5.33. The van der Waals surface area contributed by atoms with Gasteiger partial charge in [0.15, 0.2) is 11.5 Å². The molecule has 0 radical (unpaired) electrons. The van der Waals surface area contributed by atoms with E-state index in [1.54, 1.807) is 0 Å². The summed E-state index contributed by atoms with van der Waals surface area (Å²) in [4.78, 5) is 12.2. The van der Waals surface area contributed by atoms with E-state index < -0.39 is 49.0 Å². The Labute approximate surface area is 163 Å². The standard InChI is InChI=1S/C19H28O9/c1-2-3-4-5-9-26-18(25)11-7-6-8-12(14(11)21)27-19-17(24)16(23)15(22)13(10-20)28-19/h6-8,13,15-17,19-24H,2-5,9-10H2,1H3/t13-,15-,16+,17-,19-/m1/s1. The number of phenolic OH excluding ortho intramolecular Hbond substituents is 1. The van der Waals surface area contributed by atoms with Crippen molar-refractivity contribution >= 4 is 5.97 Å². The van der Waals surface area contributed by atoms with Crippen molar-refractivity contribution in [3.63, 3.8) is 0 Å². The van der Waals surface area contributed by atoms with Gasteiger partial charge in [-0.25, -0.2) is 4.79 Å². The second-order valence-corrected chi connectivity index (χ2v) is 6.66. The molecule has 9 nitrogen and oxygen atoms in total. The van der Waals surface area contributed by atoms with E-state index in [0.717, 1.165) is 25.7 Å². The lowest BCUT2D eigenvalue weighted by Crippen LogP contribution is -2.60. The number of aromatic hydroxyl groups is 1. The molecule has 5 atom stereocenters. The van der Waals surface area contributed by atoms with E-state index in [2.05, 4.69) is 6.92 Å². The summed E-state index contributed by atoms with van der Waals surface area (Å²) in [5.74, 6) is -1.39. The highest BCUT2D eigenvalue weighted by Crippen LogP contribution is 2.33. The van der Waals surface area contributed by atoms with Gasteiger partial charge in [-0.05, 0) is 18.6 Å². The van der Waals surface area contributed by atoms with Crippen LogP contribution in [0.3, 0.4) is 0 Å². The first-order valence-corrected chi connectivity index (χ1v) is 9.37. The number of benzene rings is 1. The van der Waals surface area contributed by atoms with Crippen molar-refractivity contribution in [1.29, 1.82) is 0 Å². The number of esters is 1. The van der Waals surface area contributed by atoms with E-state index in [1.165, 1.54) is 18.2 Å². The lowest BCUT2D eigenvalue weighted by molar-refractivity contribution is -0.277. The first-order valence-electron chi connectivity index (χ1n) is 9.37. The molecule has 158 valence electrons. The molecule has 1 fully saturated rings. The quantitative estimate of drug-likeness (QED) is 0.292. The molecule has 1 aliphatic rings. The van der Waals surface area contributed by atoms with Crippen LogP contribution in [0.15, 0.2) is 18.2 Å². The summed E-state index contributed by atoms with van der Waals surface area (Å²) >= 11 is 0. The van der Waals surface area contributed by atoms with E-state index in [-0.39, 0.29) is 17.9 Å². The average Bonchev–Trinajstić information content (AvgIpc) is 2.69. The largest absolute Gasteiger partial charge is 0.504 e. The Bertz CT molecular complexity index is 634. The molecule has 9 heteroatoms. The van der Waals surface area contributed by atoms with Crippen molar-refractivity contribution in [2.75, 3.05) is 13.2 Å². The highest BCUT2D eigenvalue weighted by Gasteiger charge is 2.45. The van der Waals surface area contributed by atoms with Crippen LogP contribution in [0.5, 0.6) is 11.5 Å². The van der Waals surface area contributed by atoms with Crippen LogP contribution < -0.4 is 4.74 Å². The molecule has 0 amide bonds. The second kappa shape index (κ2) is 10.6. The minimum atomic E-state index is -1.63. The van der Waals surface area contributed by atoms with Crippen molar-refractivity contribution < 1.29 is 44.5 Å². The summed E-state index contributed by atoms with van der Waals surface area (Å²) in [5.41, 5.74) is -0.113. The number of hydrogen-bond acceptors (Lipinski definition) is 9. The summed E-state index contributed by atoms with van der Waals surface area (Å²) in [5, 5.41) is 49.2. The molecule has 2 rings (SSSR count). The Morgan fingerprint density at radius 1 is 1.11 bits per heavy atom. The fraction of sp³-hybridized carbons (Fsp3) is 0.632. The van der Waals surface area contributed by atoms with E-state index in [9.17, 15) is 30.3 Å². The molecule has 1 heterocycles. The predicted octanol–water partition coefficient (Wildman–Crippen LogP) is 0.308. The maximum atomic E-state index is 12.2. The van der Waals surface area contributed by atoms with Crippen molar-refractivity contribution in [3.8, 4) is 11.5 Å². The molecule has 0 aromatic heterocycles. The molecule has 1 aromatic carbocycles. The Kier molecular flexibility index (Phi) is 8.46. The number of hydrogen-bond donors (Lipinski definition) is 5. The molecule has 0 saturated carbocycles. The van der Waals surface area contributed by atoms with E-state index in [4.69, 9.17) is 14.2 Å². The molecule has 1 aliphatic heterocycles. The van der Waals surface area contributed by atoms with E-state index in [0.29, 0.717) is 0 Å². The Balaban J connectivity index is 2.04. The van der Waals surface area contributed by atoms with Gasteiger partial charge in [-0.3, -0.25) is 0 Å². The number of rotatable bonds is 9. The third-order valence-corrected chi connectivity index (χ3v) is 4.54. The van der Waals surface area contributed by atoms with Crippen LogP contribution in [0.25, 0.3) is 0 Å². The number of phenols is 1. The smallest absolute Gasteiger partial charge is 0.342 e. The number of ether oxygens (including phenoxy) is 3. The molecule has 0 spiro atoms. The van der Waals surface area contributed by atoms with Gasteiger partial charge in [0.25, 0.3) is 0 Å². The van der Waals surface area contributed by atoms with Gasteiger partial charge < -0.3 is 39.7 Å². The molecular formula is C19H28O9. The monoisotopic (exact) mass is 400 g/mol. The van der Waals surface area contributed by atoms with Gasteiger partial charge in [0.2, 0.25) is 6.29 Å². The number of aliphatic hydroxyl groups is 4. The summed E-state index contributed by atoms with van der Waals surface area (Å²) in [6, 6.07) is 4.16. The molecule has 28 heavy (non-hydrogen) atoms. The summed E-state index contributed by atoms with van der Waals surface area (Å²) < 4.78 is 15.8. The average molecular weight is 400 g/mol. The Morgan fingerprint density at radius 2 is 1.86 bits per heavy atom. The molecule has 1 saturated heterocycles. The van der Waals surface area contributed by atoms with Crippen molar-refractivity contribution in [2.45, 2.75) is 63.3 Å². The Morgan fingerprint density at radius 3 is 2.54 bits per heavy atom. The number of unbranched alkanes of at least 4 members (excludes halogenated alkanes) is 3. The van der Waals surface area contributed by atoms with Crippen LogP contribution >= 0.6 is 0 Å². The van der Waals surface area contributed by atoms with Crippen LogP contribution in [-0.4, -0.2) is 75.4 Å². The third-order valence-electron chi connectivity index (χ3n) is 4.54. The van der Waals surface area contributed by atoms with Gasteiger partial charge in [-0.15, -0.1) is 0 Å². The summed E-state index contributed by atoms with van der Waals surface area (Å²) in [6.45, 7) is 1.70. The molecule has 0 unspecified atom stereocenters. The summed E-state index contributed by atoms with van der Waals surface area (Å²) in [6.07, 6.45) is -3.62. The molecule has 0 aliphatic carbocycles. The normalized spacial score (nSPS) is 27.4. The first kappa shape index (κ1) is 22.4.